The van der Waals surface area contributed by atoms with Gasteiger partial charge in [-0.25, -0.2) is 9.78 Å². The van der Waals surface area contributed by atoms with Crippen molar-refractivity contribution < 1.29 is 19.1 Å². The molecule has 1 atom stereocenters. The Kier molecular flexibility index (Phi) is 4.64. The first kappa shape index (κ1) is 19.2. The summed E-state index contributed by atoms with van der Waals surface area (Å²) in [6.45, 7) is 4.39. The lowest BCUT2D eigenvalue weighted by Gasteiger charge is -2.44. The van der Waals surface area contributed by atoms with Gasteiger partial charge in [0, 0.05) is 12.6 Å². The van der Waals surface area contributed by atoms with Crippen LogP contribution in [0.1, 0.15) is 51.9 Å². The summed E-state index contributed by atoms with van der Waals surface area (Å²) in [5, 5.41) is 2.98. The molecule has 4 rings (SSSR count). The fourth-order valence-corrected chi connectivity index (χ4v) is 3.88. The molecule has 152 valence electrons. The van der Waals surface area contributed by atoms with Crippen LogP contribution in [0.25, 0.3) is 0 Å². The number of imidazole rings is 1. The van der Waals surface area contributed by atoms with Crippen LogP contribution in [0.15, 0.2) is 30.6 Å². The van der Waals surface area contributed by atoms with Gasteiger partial charge in [0.05, 0.1) is 20.0 Å². The van der Waals surface area contributed by atoms with Crippen molar-refractivity contribution in [1.29, 1.82) is 0 Å². The zero-order valence-corrected chi connectivity index (χ0v) is 16.8. The largest absolute Gasteiger partial charge is 0.464 e. The smallest absolute Gasteiger partial charge is 0.359 e. The van der Waals surface area contributed by atoms with Gasteiger partial charge in [0.1, 0.15) is 11.2 Å². The Bertz CT molecular complexity index is 977. The number of nitrogens with zero attached hydrogens (tertiary/aromatic N) is 3. The van der Waals surface area contributed by atoms with E-state index in [1.807, 2.05) is 31.2 Å². The lowest BCUT2D eigenvalue weighted by atomic mass is 9.93. The first-order valence-corrected chi connectivity index (χ1v) is 9.66. The first-order chi connectivity index (χ1) is 13.8. The lowest BCUT2D eigenvalue weighted by molar-refractivity contribution is -0.133. The van der Waals surface area contributed by atoms with E-state index in [4.69, 9.17) is 4.74 Å². The zero-order chi connectivity index (χ0) is 20.8. The Morgan fingerprint density at radius 2 is 1.97 bits per heavy atom. The summed E-state index contributed by atoms with van der Waals surface area (Å²) in [7, 11) is 1.25. The Balaban J connectivity index is 1.62. The molecule has 29 heavy (non-hydrogen) atoms. The summed E-state index contributed by atoms with van der Waals surface area (Å²) in [6, 6.07) is 7.93. The molecular formula is C21H24N4O4. The summed E-state index contributed by atoms with van der Waals surface area (Å²) in [5.41, 5.74) is 1.25. The third-order valence-electron chi connectivity index (χ3n) is 5.62. The number of hydrogen-bond donors (Lipinski definition) is 1. The van der Waals surface area contributed by atoms with Gasteiger partial charge in [0.15, 0.2) is 5.69 Å². The van der Waals surface area contributed by atoms with Crippen LogP contribution in [-0.2, 0) is 22.6 Å². The summed E-state index contributed by atoms with van der Waals surface area (Å²) >= 11 is 0. The molecule has 0 saturated heterocycles. The van der Waals surface area contributed by atoms with Gasteiger partial charge >= 0.3 is 5.97 Å². The number of aromatic nitrogens is 2. The predicted octanol–water partition coefficient (Wildman–Crippen LogP) is 1.67. The summed E-state index contributed by atoms with van der Waals surface area (Å²) < 4.78 is 6.33. The van der Waals surface area contributed by atoms with Gasteiger partial charge in [-0.3, -0.25) is 9.59 Å². The molecule has 1 unspecified atom stereocenters. The lowest BCUT2D eigenvalue weighted by Crippen LogP contribution is -2.64. The molecule has 0 bridgehead atoms. The number of carbonyl (C=O) groups excluding carboxylic acids is 3. The van der Waals surface area contributed by atoms with Crippen molar-refractivity contribution >= 4 is 17.8 Å². The van der Waals surface area contributed by atoms with Gasteiger partial charge in [0.25, 0.3) is 5.91 Å². The van der Waals surface area contributed by atoms with E-state index in [-0.39, 0.29) is 35.8 Å². The van der Waals surface area contributed by atoms with Crippen molar-refractivity contribution in [3.8, 4) is 0 Å². The number of hydrogen-bond acceptors (Lipinski definition) is 5. The van der Waals surface area contributed by atoms with Crippen LogP contribution in [0.4, 0.5) is 0 Å². The Morgan fingerprint density at radius 3 is 2.59 bits per heavy atom. The van der Waals surface area contributed by atoms with E-state index in [2.05, 4.69) is 10.3 Å². The van der Waals surface area contributed by atoms with E-state index in [0.29, 0.717) is 6.54 Å². The van der Waals surface area contributed by atoms with Gasteiger partial charge < -0.3 is 19.5 Å². The highest BCUT2D eigenvalue weighted by Gasteiger charge is 2.53. The number of rotatable bonds is 5. The predicted molar refractivity (Wildman–Crippen MR) is 104 cm³/mol. The molecule has 8 nitrogen and oxygen atoms in total. The van der Waals surface area contributed by atoms with Crippen molar-refractivity contribution in [2.24, 2.45) is 0 Å². The molecular weight excluding hydrogens is 372 g/mol. The summed E-state index contributed by atoms with van der Waals surface area (Å²) in [4.78, 5) is 44.2. The number of fused-ring (bicyclic) bond motifs is 1. The molecule has 1 aliphatic carbocycles. The highest BCUT2D eigenvalue weighted by molar-refractivity contribution is 6.06. The summed E-state index contributed by atoms with van der Waals surface area (Å²) in [6.07, 6.45) is 3.11. The average molecular weight is 396 g/mol. The Morgan fingerprint density at radius 1 is 1.28 bits per heavy atom. The maximum atomic E-state index is 13.3. The molecule has 1 aliphatic heterocycles. The van der Waals surface area contributed by atoms with E-state index < -0.39 is 11.5 Å². The molecule has 1 aromatic heterocycles. The molecule has 1 aromatic carbocycles. The van der Waals surface area contributed by atoms with Crippen molar-refractivity contribution in [1.82, 2.24) is 19.8 Å². The number of nitrogens with one attached hydrogen (secondary N) is 1. The van der Waals surface area contributed by atoms with Crippen LogP contribution in [0.3, 0.4) is 0 Å². The third kappa shape index (κ3) is 3.28. The van der Waals surface area contributed by atoms with Gasteiger partial charge in [-0.1, -0.05) is 29.8 Å². The molecule has 1 saturated carbocycles. The summed E-state index contributed by atoms with van der Waals surface area (Å²) in [5.74, 6) is -1.24. The van der Waals surface area contributed by atoms with E-state index in [0.717, 1.165) is 24.0 Å². The Labute approximate surface area is 168 Å². The molecule has 2 heterocycles. The van der Waals surface area contributed by atoms with Crippen molar-refractivity contribution in [2.45, 2.75) is 51.4 Å². The molecule has 2 amide bonds. The highest BCUT2D eigenvalue weighted by atomic mass is 16.5. The number of esters is 1. The molecule has 1 N–H and O–H groups in total. The van der Waals surface area contributed by atoms with Crippen LogP contribution in [0, 0.1) is 6.92 Å². The number of methoxy groups -OCH3 is 1. The van der Waals surface area contributed by atoms with Crippen LogP contribution in [-0.4, -0.2) is 50.9 Å². The van der Waals surface area contributed by atoms with Gasteiger partial charge in [-0.05, 0) is 32.3 Å². The molecule has 0 spiro atoms. The SMILES string of the molecule is COC(=O)c1ncn2c1C(=O)N(C1CC1)C(C)(C(=O)NCc1ccc(C)cc1)C2. The maximum absolute atomic E-state index is 13.3. The second-order valence-corrected chi connectivity index (χ2v) is 7.91. The quantitative estimate of drug-likeness (QED) is 0.776. The van der Waals surface area contributed by atoms with Crippen LogP contribution in [0.5, 0.6) is 0 Å². The second-order valence-electron chi connectivity index (χ2n) is 7.91. The van der Waals surface area contributed by atoms with Crippen LogP contribution in [0.2, 0.25) is 0 Å². The van der Waals surface area contributed by atoms with Gasteiger partial charge in [-0.2, -0.15) is 0 Å². The van der Waals surface area contributed by atoms with E-state index >= 15 is 0 Å². The fraction of sp³-hybridized carbons (Fsp3) is 0.429. The minimum atomic E-state index is -1.07. The first-order valence-electron chi connectivity index (χ1n) is 9.66. The van der Waals surface area contributed by atoms with Crippen molar-refractivity contribution in [3.05, 3.63) is 53.1 Å². The Hall–Kier alpha value is -3.16. The second kappa shape index (κ2) is 7.02. The van der Waals surface area contributed by atoms with E-state index in [9.17, 15) is 14.4 Å². The third-order valence-corrected chi connectivity index (χ3v) is 5.62. The van der Waals surface area contributed by atoms with Crippen LogP contribution < -0.4 is 5.32 Å². The molecule has 2 aromatic rings. The van der Waals surface area contributed by atoms with E-state index in [1.165, 1.54) is 13.4 Å². The molecule has 0 radical (unpaired) electrons. The van der Waals surface area contributed by atoms with Crippen molar-refractivity contribution in [2.75, 3.05) is 7.11 Å². The minimum Gasteiger partial charge on any atom is -0.464 e. The van der Waals surface area contributed by atoms with Gasteiger partial charge in [0.2, 0.25) is 5.91 Å². The monoisotopic (exact) mass is 396 g/mol. The zero-order valence-electron chi connectivity index (χ0n) is 16.8. The molecule has 2 aliphatic rings. The molecule has 8 heteroatoms. The average Bonchev–Trinajstić information content (AvgIpc) is 3.44. The standard InChI is InChI=1S/C21H24N4O4/c1-13-4-6-14(7-5-13)10-22-20(28)21(2)11-24-12-23-16(19(27)29-3)17(24)18(26)25(21)15-8-9-15/h4-7,12,15H,8-11H2,1-3H3,(H,22,28). The maximum Gasteiger partial charge on any atom is 0.359 e. The minimum absolute atomic E-state index is 0.00762. The normalized spacial score (nSPS) is 20.9. The van der Waals surface area contributed by atoms with Crippen molar-refractivity contribution in [3.63, 3.8) is 0 Å². The highest BCUT2D eigenvalue weighted by Crippen LogP contribution is 2.38. The number of aryl methyl sites for hydroxylation is 1. The van der Waals surface area contributed by atoms with Crippen LogP contribution >= 0.6 is 0 Å². The number of ether oxygens (including phenoxy) is 1. The van der Waals surface area contributed by atoms with E-state index in [1.54, 1.807) is 16.4 Å². The topological polar surface area (TPSA) is 93.5 Å². The van der Waals surface area contributed by atoms with Gasteiger partial charge in [-0.15, -0.1) is 0 Å². The fourth-order valence-electron chi connectivity index (χ4n) is 3.88. The number of amides is 2. The number of benzene rings is 1. The molecule has 1 fully saturated rings. The number of carbonyl (C=O) groups is 3.